The molecule has 11 nitrogen and oxygen atoms in total. The minimum absolute atomic E-state index is 0.180. The van der Waals surface area contributed by atoms with E-state index in [0.717, 1.165) is 15.8 Å². The van der Waals surface area contributed by atoms with Crippen molar-refractivity contribution in [2.24, 2.45) is 0 Å². The number of anilines is 1. The van der Waals surface area contributed by atoms with Crippen molar-refractivity contribution in [3.8, 4) is 5.75 Å². The quantitative estimate of drug-likeness (QED) is 0.397. The van der Waals surface area contributed by atoms with Gasteiger partial charge >= 0.3 is 5.97 Å². The molecule has 0 bridgehead atoms. The zero-order chi connectivity index (χ0) is 24.8. The number of ether oxygens (including phenoxy) is 1. The lowest BCUT2D eigenvalue weighted by molar-refractivity contribution is -0.117. The average Bonchev–Trinajstić information content (AvgIpc) is 3.22. The summed E-state index contributed by atoms with van der Waals surface area (Å²) in [6.07, 6.45) is 0.750. The number of carboxylic acid groups (broad SMARTS) is 1. The fraction of sp³-hybridized carbons (Fsp3) is 0.182. The Bertz CT molecular complexity index is 1430. The summed E-state index contributed by atoms with van der Waals surface area (Å²) < 4.78 is 6.84. The molecule has 4 rings (SSSR count). The Kier molecular flexibility index (Phi) is 7.53. The number of fused-ring (bicyclic) bond motifs is 2. The third kappa shape index (κ3) is 5.53. The van der Waals surface area contributed by atoms with Gasteiger partial charge < -0.3 is 20.1 Å². The van der Waals surface area contributed by atoms with Gasteiger partial charge in [-0.1, -0.05) is 29.5 Å². The predicted octanol–water partition coefficient (Wildman–Crippen LogP) is 2.06. The number of rotatable bonds is 6. The first-order valence-electron chi connectivity index (χ1n) is 9.82. The summed E-state index contributed by atoms with van der Waals surface area (Å²) in [5.41, 5.74) is -0.143. The summed E-state index contributed by atoms with van der Waals surface area (Å²) in [6.45, 7) is -0.441. The van der Waals surface area contributed by atoms with E-state index in [1.807, 2.05) is 0 Å². The molecule has 0 aliphatic heterocycles. The number of nitrogens with one attached hydrogen (secondary N) is 1. The highest BCUT2D eigenvalue weighted by atomic mass is 32.1. The number of hydrogen-bond donors (Lipinski definition) is 2. The molecule has 0 atom stereocenters. The minimum atomic E-state index is -1.28. The van der Waals surface area contributed by atoms with Crippen LogP contribution in [0.1, 0.15) is 10.5 Å². The maximum Gasteiger partial charge on any atom is 0.357 e. The molecule has 0 saturated carbocycles. The molecule has 2 amide bonds. The number of carboxylic acids is 1. The molecule has 0 aliphatic carbocycles. The van der Waals surface area contributed by atoms with E-state index in [-0.39, 0.29) is 16.5 Å². The van der Waals surface area contributed by atoms with E-state index in [9.17, 15) is 24.3 Å². The highest BCUT2D eigenvalue weighted by molar-refractivity contribution is 7.22. The summed E-state index contributed by atoms with van der Waals surface area (Å²) in [5, 5.41) is 16.6. The number of aromatic nitrogens is 3. The Hall–Kier alpha value is -4.32. The van der Waals surface area contributed by atoms with Gasteiger partial charge in [-0.05, 0) is 24.3 Å². The Morgan fingerprint density at radius 3 is 2.50 bits per heavy atom. The number of aromatic carboxylic acids is 1. The predicted molar refractivity (Wildman–Crippen MR) is 128 cm³/mol. The number of hydrogen-bond acceptors (Lipinski definition) is 8. The van der Waals surface area contributed by atoms with Crippen molar-refractivity contribution in [3.05, 3.63) is 58.5 Å². The second kappa shape index (κ2) is 10.5. The van der Waals surface area contributed by atoms with E-state index in [4.69, 9.17) is 4.74 Å². The van der Waals surface area contributed by atoms with Crippen LogP contribution in [-0.4, -0.2) is 64.3 Å². The van der Waals surface area contributed by atoms with Crippen molar-refractivity contribution in [3.63, 3.8) is 0 Å². The van der Waals surface area contributed by atoms with Crippen molar-refractivity contribution in [2.45, 2.75) is 6.54 Å². The summed E-state index contributed by atoms with van der Waals surface area (Å²) in [5.74, 6) is -1.15. The first-order chi connectivity index (χ1) is 16.2. The SMILES string of the molecule is CN(C)C=O.COc1ccc2nc(NC(=O)Cn3nc(C(=O)O)c4ccccc4c3=O)sc2c1. The Labute approximate surface area is 197 Å². The third-order valence-corrected chi connectivity index (χ3v) is 5.35. The van der Waals surface area contributed by atoms with Crippen LogP contribution in [-0.2, 0) is 16.1 Å². The number of benzene rings is 2. The van der Waals surface area contributed by atoms with Crippen molar-refractivity contribution in [1.29, 1.82) is 0 Å². The maximum atomic E-state index is 12.6. The minimum Gasteiger partial charge on any atom is -0.497 e. The van der Waals surface area contributed by atoms with Crippen LogP contribution in [0.5, 0.6) is 5.75 Å². The van der Waals surface area contributed by atoms with Crippen molar-refractivity contribution < 1.29 is 24.2 Å². The molecule has 0 saturated heterocycles. The first kappa shape index (κ1) is 24.3. The van der Waals surface area contributed by atoms with Crippen molar-refractivity contribution in [1.82, 2.24) is 19.7 Å². The Balaban J connectivity index is 0.000000588. The lowest BCUT2D eigenvalue weighted by atomic mass is 10.1. The van der Waals surface area contributed by atoms with Crippen LogP contribution in [0.2, 0.25) is 0 Å². The zero-order valence-electron chi connectivity index (χ0n) is 18.5. The molecule has 0 radical (unpaired) electrons. The van der Waals surface area contributed by atoms with Gasteiger partial charge in [0.1, 0.15) is 12.3 Å². The van der Waals surface area contributed by atoms with Gasteiger partial charge in [0.05, 0.1) is 22.7 Å². The van der Waals surface area contributed by atoms with Gasteiger partial charge in [0.2, 0.25) is 12.3 Å². The highest BCUT2D eigenvalue weighted by Crippen LogP contribution is 2.29. The molecule has 0 fully saturated rings. The Morgan fingerprint density at radius 1 is 1.21 bits per heavy atom. The van der Waals surface area contributed by atoms with Gasteiger partial charge in [0.15, 0.2) is 10.8 Å². The lowest BCUT2D eigenvalue weighted by Crippen LogP contribution is -2.31. The molecule has 2 aromatic carbocycles. The molecular weight excluding hydrogens is 462 g/mol. The van der Waals surface area contributed by atoms with Crippen LogP contribution < -0.4 is 15.6 Å². The number of carbonyl (C=O) groups is 3. The fourth-order valence-corrected chi connectivity index (χ4v) is 3.79. The van der Waals surface area contributed by atoms with Crippen LogP contribution >= 0.6 is 11.3 Å². The molecule has 4 aromatic rings. The van der Waals surface area contributed by atoms with E-state index in [1.54, 1.807) is 51.5 Å². The third-order valence-electron chi connectivity index (χ3n) is 4.42. The van der Waals surface area contributed by atoms with Gasteiger partial charge in [0, 0.05) is 19.5 Å². The summed E-state index contributed by atoms with van der Waals surface area (Å²) in [7, 11) is 4.94. The second-order valence-corrected chi connectivity index (χ2v) is 8.16. The number of carbonyl (C=O) groups excluding carboxylic acids is 2. The normalized spacial score (nSPS) is 10.3. The van der Waals surface area contributed by atoms with Gasteiger partial charge in [-0.25, -0.2) is 14.5 Å². The van der Waals surface area contributed by atoms with Crippen molar-refractivity contribution in [2.75, 3.05) is 26.5 Å². The van der Waals surface area contributed by atoms with Crippen molar-refractivity contribution >= 4 is 55.7 Å². The smallest absolute Gasteiger partial charge is 0.357 e. The summed E-state index contributed by atoms with van der Waals surface area (Å²) in [4.78, 5) is 51.7. The van der Waals surface area contributed by atoms with Gasteiger partial charge in [-0.2, -0.15) is 5.10 Å². The second-order valence-electron chi connectivity index (χ2n) is 7.13. The molecule has 34 heavy (non-hydrogen) atoms. The highest BCUT2D eigenvalue weighted by Gasteiger charge is 2.17. The molecule has 0 unspecified atom stereocenters. The van der Waals surface area contributed by atoms with E-state index in [2.05, 4.69) is 15.4 Å². The van der Waals surface area contributed by atoms with Gasteiger partial charge in [-0.15, -0.1) is 0 Å². The molecule has 2 aromatic heterocycles. The van der Waals surface area contributed by atoms with E-state index < -0.39 is 24.0 Å². The van der Waals surface area contributed by atoms with Crippen LogP contribution in [0.3, 0.4) is 0 Å². The van der Waals surface area contributed by atoms with E-state index >= 15 is 0 Å². The molecule has 0 aliphatic rings. The summed E-state index contributed by atoms with van der Waals surface area (Å²) >= 11 is 1.26. The molecule has 12 heteroatoms. The molecular formula is C22H21N5O6S. The average molecular weight is 484 g/mol. The standard InChI is InChI=1S/C19H14N4O5S.C3H7NO/c1-28-10-6-7-13-14(8-10)29-19(20-13)21-15(24)9-23-17(25)12-5-3-2-4-11(12)16(22-23)18(26)27;1-4(2)3-5/h2-8H,9H2,1H3,(H,26,27)(H,20,21,24);3H,1-2H3. The molecule has 2 N–H and O–H groups in total. The molecule has 176 valence electrons. The topological polar surface area (TPSA) is 144 Å². The number of amides is 2. The van der Waals surface area contributed by atoms with E-state index in [0.29, 0.717) is 16.4 Å². The van der Waals surface area contributed by atoms with Gasteiger partial charge in [0.25, 0.3) is 5.56 Å². The van der Waals surface area contributed by atoms with Crippen LogP contribution in [0.4, 0.5) is 5.13 Å². The van der Waals surface area contributed by atoms with Crippen LogP contribution in [0.25, 0.3) is 21.0 Å². The summed E-state index contributed by atoms with van der Waals surface area (Å²) in [6, 6.07) is 11.6. The fourth-order valence-electron chi connectivity index (χ4n) is 2.88. The number of thiazole rings is 1. The first-order valence-corrected chi connectivity index (χ1v) is 10.6. The molecule has 0 spiro atoms. The monoisotopic (exact) mass is 483 g/mol. The number of nitrogens with zero attached hydrogens (tertiary/aromatic N) is 4. The number of methoxy groups -OCH3 is 1. The van der Waals surface area contributed by atoms with E-state index in [1.165, 1.54) is 28.4 Å². The zero-order valence-corrected chi connectivity index (χ0v) is 19.3. The van der Waals surface area contributed by atoms with Crippen LogP contribution in [0.15, 0.2) is 47.3 Å². The Morgan fingerprint density at radius 2 is 1.88 bits per heavy atom. The van der Waals surface area contributed by atoms with Crippen LogP contribution in [0, 0.1) is 0 Å². The largest absolute Gasteiger partial charge is 0.497 e. The lowest BCUT2D eigenvalue weighted by Gasteiger charge is -2.08. The van der Waals surface area contributed by atoms with Gasteiger partial charge in [-0.3, -0.25) is 14.4 Å². The maximum absolute atomic E-state index is 12.6. The molecule has 2 heterocycles.